The van der Waals surface area contributed by atoms with Crippen LogP contribution in [0.5, 0.6) is 11.5 Å². The lowest BCUT2D eigenvalue weighted by Gasteiger charge is -2.14. The lowest BCUT2D eigenvalue weighted by Crippen LogP contribution is -2.18. The van der Waals surface area contributed by atoms with Gasteiger partial charge in [0.1, 0.15) is 0 Å². The van der Waals surface area contributed by atoms with Gasteiger partial charge in [-0.2, -0.15) is 0 Å². The van der Waals surface area contributed by atoms with Gasteiger partial charge >= 0.3 is 12.3 Å². The average Bonchev–Trinajstić information content (AvgIpc) is 2.20. The minimum Gasteiger partial charge on any atom is -0.419 e. The lowest BCUT2D eigenvalue weighted by atomic mass is 10.2. The first-order valence-electron chi connectivity index (χ1n) is 4.53. The number of hydrogen-bond acceptors (Lipinski definition) is 3. The molecule has 0 heterocycles. The van der Waals surface area contributed by atoms with E-state index in [0.717, 1.165) is 12.1 Å². The van der Waals surface area contributed by atoms with Crippen LogP contribution in [0.1, 0.15) is 5.56 Å². The van der Waals surface area contributed by atoms with E-state index in [1.54, 1.807) is 0 Å². The number of rotatable bonds is 3. The number of aryl methyl sites for hydroxylation is 1. The number of esters is 1. The summed E-state index contributed by atoms with van der Waals surface area (Å²) >= 11 is 0. The predicted molar refractivity (Wildman–Crippen MR) is 53.7 cm³/mol. The first-order valence-corrected chi connectivity index (χ1v) is 4.53. The molecular formula is C11H9F3O3. The summed E-state index contributed by atoms with van der Waals surface area (Å²) in [7, 11) is 0. The molecule has 0 bridgehead atoms. The Hall–Kier alpha value is -1.98. The molecule has 92 valence electrons. The second kappa shape index (κ2) is 4.90. The van der Waals surface area contributed by atoms with Crippen molar-refractivity contribution in [2.24, 2.45) is 0 Å². The van der Waals surface area contributed by atoms with E-state index in [-0.39, 0.29) is 5.75 Å². The summed E-state index contributed by atoms with van der Waals surface area (Å²) in [6, 6.07) is 3.92. The summed E-state index contributed by atoms with van der Waals surface area (Å²) in [6.45, 7) is 4.65. The van der Waals surface area contributed by atoms with E-state index in [9.17, 15) is 18.0 Å². The predicted octanol–water partition coefficient (Wildman–Crippen LogP) is 2.99. The molecule has 0 unspecified atom stereocenters. The van der Waals surface area contributed by atoms with Crippen LogP contribution in [0, 0.1) is 6.92 Å². The van der Waals surface area contributed by atoms with Gasteiger partial charge in [-0.05, 0) is 18.6 Å². The molecule has 0 aromatic heterocycles. The van der Waals surface area contributed by atoms with Crippen molar-refractivity contribution in [1.29, 1.82) is 0 Å². The van der Waals surface area contributed by atoms with Crippen molar-refractivity contribution in [2.45, 2.75) is 13.3 Å². The van der Waals surface area contributed by atoms with Crippen molar-refractivity contribution < 1.29 is 27.4 Å². The van der Waals surface area contributed by atoms with Crippen LogP contribution in [0.25, 0.3) is 0 Å². The minimum absolute atomic E-state index is 0.269. The third kappa shape index (κ3) is 3.82. The fraction of sp³-hybridized carbons (Fsp3) is 0.182. The van der Waals surface area contributed by atoms with Crippen molar-refractivity contribution in [1.82, 2.24) is 0 Å². The van der Waals surface area contributed by atoms with Gasteiger partial charge in [0.15, 0.2) is 11.5 Å². The average molecular weight is 246 g/mol. The third-order valence-electron chi connectivity index (χ3n) is 1.77. The van der Waals surface area contributed by atoms with Crippen molar-refractivity contribution in [2.75, 3.05) is 0 Å². The Morgan fingerprint density at radius 1 is 1.41 bits per heavy atom. The molecule has 0 aliphatic rings. The number of ether oxygens (including phenoxy) is 2. The highest BCUT2D eigenvalue weighted by atomic mass is 19.4. The molecule has 1 aromatic rings. The van der Waals surface area contributed by atoms with Crippen molar-refractivity contribution in [3.63, 3.8) is 0 Å². The van der Waals surface area contributed by atoms with Crippen LogP contribution in [0.2, 0.25) is 0 Å². The van der Waals surface area contributed by atoms with Crippen LogP contribution >= 0.6 is 0 Å². The molecule has 17 heavy (non-hydrogen) atoms. The van der Waals surface area contributed by atoms with E-state index in [4.69, 9.17) is 0 Å². The van der Waals surface area contributed by atoms with E-state index < -0.39 is 18.1 Å². The molecule has 0 atom stereocenters. The van der Waals surface area contributed by atoms with E-state index in [1.165, 1.54) is 19.1 Å². The maximum atomic E-state index is 12.1. The summed E-state index contributed by atoms with van der Waals surface area (Å²) in [4.78, 5) is 11.0. The number of carbonyl (C=O) groups is 1. The van der Waals surface area contributed by atoms with E-state index in [1.807, 2.05) is 0 Å². The van der Waals surface area contributed by atoms with Gasteiger partial charge in [0.2, 0.25) is 0 Å². The standard InChI is InChI=1S/C11H9F3O3/c1-3-9(15)16-10-7(2)5-4-6-8(10)17-11(12,13)14/h3-6H,1H2,2H3. The normalized spacial score (nSPS) is 10.8. The van der Waals surface area contributed by atoms with Gasteiger partial charge in [-0.3, -0.25) is 0 Å². The van der Waals surface area contributed by atoms with Gasteiger partial charge in [-0.25, -0.2) is 4.79 Å². The second-order valence-electron chi connectivity index (χ2n) is 3.08. The maximum absolute atomic E-state index is 12.1. The SMILES string of the molecule is C=CC(=O)Oc1c(C)cccc1OC(F)(F)F. The van der Waals surface area contributed by atoms with Gasteiger partial charge in [0.25, 0.3) is 0 Å². The van der Waals surface area contributed by atoms with Crippen LogP contribution in [0.3, 0.4) is 0 Å². The smallest absolute Gasteiger partial charge is 0.419 e. The lowest BCUT2D eigenvalue weighted by molar-refractivity contribution is -0.275. The molecule has 0 aliphatic heterocycles. The monoisotopic (exact) mass is 246 g/mol. The van der Waals surface area contributed by atoms with Gasteiger partial charge in [-0.15, -0.1) is 13.2 Å². The molecule has 0 N–H and O–H groups in total. The molecule has 0 fully saturated rings. The van der Waals surface area contributed by atoms with Crippen molar-refractivity contribution in [3.05, 3.63) is 36.4 Å². The highest BCUT2D eigenvalue weighted by Gasteiger charge is 2.33. The topological polar surface area (TPSA) is 35.5 Å². The fourth-order valence-corrected chi connectivity index (χ4v) is 1.10. The van der Waals surface area contributed by atoms with Crippen LogP contribution < -0.4 is 9.47 Å². The number of para-hydroxylation sites is 1. The first-order chi connectivity index (χ1) is 7.83. The second-order valence-corrected chi connectivity index (χ2v) is 3.08. The molecule has 0 amide bonds. The minimum atomic E-state index is -4.84. The van der Waals surface area contributed by atoms with Crippen LogP contribution in [-0.4, -0.2) is 12.3 Å². The summed E-state index contributed by atoms with van der Waals surface area (Å²) in [5.41, 5.74) is 0.349. The summed E-state index contributed by atoms with van der Waals surface area (Å²) in [5.74, 6) is -1.69. The highest BCUT2D eigenvalue weighted by molar-refractivity contribution is 5.84. The Kier molecular flexibility index (Phi) is 3.77. The Morgan fingerprint density at radius 2 is 2.06 bits per heavy atom. The Balaban J connectivity index is 3.08. The molecule has 0 saturated heterocycles. The zero-order chi connectivity index (χ0) is 13.1. The number of alkyl halides is 3. The number of halogens is 3. The first kappa shape index (κ1) is 13.1. The molecule has 0 saturated carbocycles. The zero-order valence-electron chi connectivity index (χ0n) is 8.88. The maximum Gasteiger partial charge on any atom is 0.573 e. The van der Waals surface area contributed by atoms with Gasteiger partial charge < -0.3 is 9.47 Å². The molecule has 0 radical (unpaired) electrons. The van der Waals surface area contributed by atoms with Crippen molar-refractivity contribution in [3.8, 4) is 11.5 Å². The summed E-state index contributed by atoms with van der Waals surface area (Å²) in [5, 5.41) is 0. The zero-order valence-corrected chi connectivity index (χ0v) is 8.88. The highest BCUT2D eigenvalue weighted by Crippen LogP contribution is 2.34. The van der Waals surface area contributed by atoms with Gasteiger partial charge in [0, 0.05) is 6.08 Å². The van der Waals surface area contributed by atoms with Gasteiger partial charge in [0.05, 0.1) is 0 Å². The quantitative estimate of drug-likeness (QED) is 0.467. The van der Waals surface area contributed by atoms with E-state index in [2.05, 4.69) is 16.1 Å². The molecule has 0 aliphatic carbocycles. The molecule has 0 spiro atoms. The van der Waals surface area contributed by atoms with Crippen LogP contribution in [0.4, 0.5) is 13.2 Å². The fourth-order valence-electron chi connectivity index (χ4n) is 1.10. The molecule has 1 aromatic carbocycles. The summed E-state index contributed by atoms with van der Waals surface area (Å²) < 4.78 is 44.7. The van der Waals surface area contributed by atoms with E-state index >= 15 is 0 Å². The number of carbonyl (C=O) groups excluding carboxylic acids is 1. The van der Waals surface area contributed by atoms with Crippen LogP contribution in [-0.2, 0) is 4.79 Å². The van der Waals surface area contributed by atoms with Crippen molar-refractivity contribution >= 4 is 5.97 Å². The Morgan fingerprint density at radius 3 is 2.59 bits per heavy atom. The number of benzene rings is 1. The summed E-state index contributed by atoms with van der Waals surface area (Å²) in [6.07, 6.45) is -3.99. The van der Waals surface area contributed by atoms with Gasteiger partial charge in [-0.1, -0.05) is 18.7 Å². The Bertz CT molecular complexity index is 438. The number of hydrogen-bond donors (Lipinski definition) is 0. The molecule has 1 rings (SSSR count). The third-order valence-corrected chi connectivity index (χ3v) is 1.77. The van der Waals surface area contributed by atoms with Crippen LogP contribution in [0.15, 0.2) is 30.9 Å². The molecular weight excluding hydrogens is 237 g/mol. The molecule has 6 heteroatoms. The van der Waals surface area contributed by atoms with E-state index in [0.29, 0.717) is 5.56 Å². The largest absolute Gasteiger partial charge is 0.573 e. The Labute approximate surface area is 95.5 Å². The molecule has 3 nitrogen and oxygen atoms in total.